The van der Waals surface area contributed by atoms with Crippen molar-refractivity contribution in [3.63, 3.8) is 0 Å². The number of benzene rings is 3. The Hall–Kier alpha value is -4.90. The van der Waals surface area contributed by atoms with Crippen LogP contribution in [0.25, 0.3) is 11.3 Å². The zero-order chi connectivity index (χ0) is 31.2. The molecule has 2 aliphatic rings. The number of rotatable bonds is 9. The molecule has 6 rings (SSSR count). The van der Waals surface area contributed by atoms with Crippen LogP contribution in [0.5, 0.6) is 0 Å². The molecule has 3 heterocycles. The third-order valence-electron chi connectivity index (χ3n) is 8.90. The van der Waals surface area contributed by atoms with Gasteiger partial charge < -0.3 is 14.4 Å². The predicted molar refractivity (Wildman–Crippen MR) is 184 cm³/mol. The van der Waals surface area contributed by atoms with Crippen molar-refractivity contribution in [2.24, 2.45) is 0 Å². The molecule has 0 radical (unpaired) electrons. The summed E-state index contributed by atoms with van der Waals surface area (Å²) in [6.07, 6.45) is 12.5. The first-order valence-electron chi connectivity index (χ1n) is 16.1. The molecular formula is C40H41N3O2. The summed E-state index contributed by atoms with van der Waals surface area (Å²) < 4.78 is 2.29. The second-order valence-electron chi connectivity index (χ2n) is 11.8. The van der Waals surface area contributed by atoms with Crippen molar-refractivity contribution in [2.75, 3.05) is 18.0 Å². The topological polar surface area (TPSA) is 45.6 Å². The van der Waals surface area contributed by atoms with Crippen LogP contribution in [0, 0.1) is 0 Å². The zero-order valence-electron chi connectivity index (χ0n) is 26.1. The van der Waals surface area contributed by atoms with Crippen molar-refractivity contribution in [1.82, 2.24) is 9.47 Å². The lowest BCUT2D eigenvalue weighted by Gasteiger charge is -2.29. The van der Waals surface area contributed by atoms with Gasteiger partial charge in [0.05, 0.1) is 12.1 Å². The van der Waals surface area contributed by atoms with Crippen LogP contribution in [0.15, 0.2) is 121 Å². The van der Waals surface area contributed by atoms with E-state index in [4.69, 9.17) is 0 Å². The number of para-hydroxylation sites is 1. The maximum Gasteiger partial charge on any atom is 0.260 e. The van der Waals surface area contributed by atoms with Crippen LogP contribution in [0.3, 0.4) is 0 Å². The number of aromatic nitrogens is 1. The molecule has 0 aliphatic carbocycles. The predicted octanol–water partition coefficient (Wildman–Crippen LogP) is 8.42. The van der Waals surface area contributed by atoms with Crippen LogP contribution in [0.2, 0.25) is 0 Å². The highest BCUT2D eigenvalue weighted by molar-refractivity contribution is 6.09. The number of carbonyl (C=O) groups excluding carboxylic acids is 2. The summed E-state index contributed by atoms with van der Waals surface area (Å²) in [6.45, 7) is 8.51. The number of hydrogen-bond acceptors (Lipinski definition) is 2. The molecule has 4 aromatic rings. The van der Waals surface area contributed by atoms with Gasteiger partial charge in [0.15, 0.2) is 0 Å². The van der Waals surface area contributed by atoms with E-state index in [-0.39, 0.29) is 11.8 Å². The molecule has 2 aliphatic heterocycles. The second-order valence-corrected chi connectivity index (χ2v) is 11.8. The normalized spacial score (nSPS) is 14.6. The summed E-state index contributed by atoms with van der Waals surface area (Å²) >= 11 is 0. The zero-order valence-corrected chi connectivity index (χ0v) is 26.1. The molecule has 2 amide bonds. The highest BCUT2D eigenvalue weighted by atomic mass is 16.2. The van der Waals surface area contributed by atoms with Gasteiger partial charge >= 0.3 is 0 Å². The van der Waals surface area contributed by atoms with E-state index in [0.29, 0.717) is 30.8 Å². The Bertz CT molecular complexity index is 1760. The van der Waals surface area contributed by atoms with Gasteiger partial charge in [-0.15, -0.1) is 0 Å². The molecule has 45 heavy (non-hydrogen) atoms. The van der Waals surface area contributed by atoms with Gasteiger partial charge in [0.25, 0.3) is 11.8 Å². The number of allylic oxidation sites excluding steroid dienone is 3. The van der Waals surface area contributed by atoms with Crippen molar-refractivity contribution in [1.29, 1.82) is 0 Å². The minimum absolute atomic E-state index is 0.0245. The first-order valence-corrected chi connectivity index (χ1v) is 16.1. The van der Waals surface area contributed by atoms with Crippen LogP contribution in [-0.4, -0.2) is 34.4 Å². The standard InChI is InChI=1S/C40H41N3O2/c1-3-5-16-30(15-4-2)28-43(33-19-7-6-8-20-33)40(45)36-27-38(42-25-14-13-23-37(36)42)34-21-11-12-22-35(34)39(44)41-26-24-31-17-9-10-18-32(31)29-41/h3,5-12,15-22,27H,1,4,13-14,23-26,28-29H2,2H3/b16-5-,30-15+. The minimum Gasteiger partial charge on any atom is -0.344 e. The molecule has 0 saturated carbocycles. The Morgan fingerprint density at radius 2 is 1.62 bits per heavy atom. The van der Waals surface area contributed by atoms with Crippen molar-refractivity contribution >= 4 is 17.5 Å². The fourth-order valence-electron chi connectivity index (χ4n) is 6.67. The van der Waals surface area contributed by atoms with E-state index in [1.54, 1.807) is 6.08 Å². The summed E-state index contributed by atoms with van der Waals surface area (Å²) in [7, 11) is 0. The first-order chi connectivity index (χ1) is 22.1. The van der Waals surface area contributed by atoms with E-state index in [9.17, 15) is 9.59 Å². The summed E-state index contributed by atoms with van der Waals surface area (Å²) in [5.74, 6) is 0.0113. The fraction of sp³-hybridized carbons (Fsp3) is 0.250. The minimum atomic E-state index is -0.0245. The van der Waals surface area contributed by atoms with Gasteiger partial charge in [-0.2, -0.15) is 0 Å². The Morgan fingerprint density at radius 1 is 0.867 bits per heavy atom. The molecule has 0 N–H and O–H groups in total. The number of anilines is 1. The summed E-state index contributed by atoms with van der Waals surface area (Å²) in [5, 5.41) is 0. The number of carbonyl (C=O) groups is 2. The number of hydrogen-bond donors (Lipinski definition) is 0. The molecule has 0 spiro atoms. The Labute approximate surface area is 266 Å². The molecule has 5 heteroatoms. The number of amides is 2. The average Bonchev–Trinajstić information content (AvgIpc) is 3.48. The summed E-state index contributed by atoms with van der Waals surface area (Å²) in [4.78, 5) is 32.6. The summed E-state index contributed by atoms with van der Waals surface area (Å²) in [5.41, 5.74) is 8.72. The third-order valence-corrected chi connectivity index (χ3v) is 8.90. The molecule has 0 unspecified atom stereocenters. The van der Waals surface area contributed by atoms with E-state index in [2.05, 4.69) is 42.3 Å². The maximum absolute atomic E-state index is 14.6. The number of nitrogens with zero attached hydrogens (tertiary/aromatic N) is 3. The molecule has 1 aromatic heterocycles. The molecule has 5 nitrogen and oxygen atoms in total. The van der Waals surface area contributed by atoms with Crippen molar-refractivity contribution < 1.29 is 9.59 Å². The SMILES string of the molecule is C=C/C=C\C(=C/CC)CN(C(=O)c1cc(-c2ccccc2C(=O)N2CCc3ccccc3C2)n2c1CCCC2)c1ccccc1. The molecule has 3 aromatic carbocycles. The monoisotopic (exact) mass is 595 g/mol. The third kappa shape index (κ3) is 6.34. The average molecular weight is 596 g/mol. The number of fused-ring (bicyclic) bond motifs is 2. The van der Waals surface area contributed by atoms with Gasteiger partial charge in [-0.3, -0.25) is 9.59 Å². The van der Waals surface area contributed by atoms with Crippen molar-refractivity contribution in [2.45, 2.75) is 52.1 Å². The highest BCUT2D eigenvalue weighted by Crippen LogP contribution is 2.35. The van der Waals surface area contributed by atoms with Crippen molar-refractivity contribution in [3.05, 3.63) is 149 Å². The Kier molecular flexibility index (Phi) is 9.25. The van der Waals surface area contributed by atoms with Gasteiger partial charge in [-0.25, -0.2) is 0 Å². The van der Waals surface area contributed by atoms with Crippen LogP contribution >= 0.6 is 0 Å². The lowest BCUT2D eigenvalue weighted by atomic mass is 9.97. The lowest BCUT2D eigenvalue weighted by molar-refractivity contribution is 0.0735. The summed E-state index contributed by atoms with van der Waals surface area (Å²) in [6, 6.07) is 28.2. The van der Waals surface area contributed by atoms with Gasteiger partial charge in [0.2, 0.25) is 0 Å². The molecule has 228 valence electrons. The van der Waals surface area contributed by atoms with E-state index in [1.807, 2.05) is 88.7 Å². The smallest absolute Gasteiger partial charge is 0.260 e. The quantitative estimate of drug-likeness (QED) is 0.182. The molecule has 0 saturated heterocycles. The second kappa shape index (κ2) is 13.8. The van der Waals surface area contributed by atoms with Gasteiger partial charge in [0.1, 0.15) is 0 Å². The van der Waals surface area contributed by atoms with E-state index in [1.165, 1.54) is 11.1 Å². The van der Waals surface area contributed by atoms with Crippen LogP contribution in [0.4, 0.5) is 5.69 Å². The highest BCUT2D eigenvalue weighted by Gasteiger charge is 2.30. The first kappa shape index (κ1) is 30.1. The molecule has 0 bridgehead atoms. The molecule has 0 fully saturated rings. The fourth-order valence-corrected chi connectivity index (χ4v) is 6.67. The van der Waals surface area contributed by atoms with Crippen LogP contribution in [-0.2, 0) is 25.9 Å². The van der Waals surface area contributed by atoms with E-state index >= 15 is 0 Å². The Morgan fingerprint density at radius 3 is 2.42 bits per heavy atom. The van der Waals surface area contributed by atoms with Crippen LogP contribution < -0.4 is 4.90 Å². The largest absolute Gasteiger partial charge is 0.344 e. The van der Waals surface area contributed by atoms with Crippen molar-refractivity contribution in [3.8, 4) is 11.3 Å². The maximum atomic E-state index is 14.6. The molecule has 0 atom stereocenters. The Balaban J connectivity index is 1.39. The van der Waals surface area contributed by atoms with Gasteiger partial charge in [-0.1, -0.05) is 98.5 Å². The van der Waals surface area contributed by atoms with Crippen LogP contribution in [0.1, 0.15) is 63.7 Å². The van der Waals surface area contributed by atoms with Gasteiger partial charge in [-0.05, 0) is 73.1 Å². The lowest BCUT2D eigenvalue weighted by Crippen LogP contribution is -2.36. The van der Waals surface area contributed by atoms with Gasteiger partial charge in [0, 0.05) is 47.8 Å². The molecular weight excluding hydrogens is 554 g/mol. The van der Waals surface area contributed by atoms with E-state index < -0.39 is 0 Å². The van der Waals surface area contributed by atoms with E-state index in [0.717, 1.165) is 66.9 Å².